The van der Waals surface area contributed by atoms with E-state index in [1.807, 2.05) is 13.8 Å². The van der Waals surface area contributed by atoms with Gasteiger partial charge in [-0.05, 0) is 26.0 Å². The van der Waals surface area contributed by atoms with Crippen molar-refractivity contribution in [2.24, 2.45) is 0 Å². The van der Waals surface area contributed by atoms with E-state index in [1.54, 1.807) is 16.8 Å². The smallest absolute Gasteiger partial charge is 0.261 e. The maximum absolute atomic E-state index is 12.1. The molecule has 2 aromatic heterocycles. The van der Waals surface area contributed by atoms with E-state index >= 15 is 0 Å². The van der Waals surface area contributed by atoms with Crippen molar-refractivity contribution in [2.75, 3.05) is 0 Å². The van der Waals surface area contributed by atoms with E-state index in [2.05, 4.69) is 4.98 Å². The summed E-state index contributed by atoms with van der Waals surface area (Å²) < 4.78 is 1.61. The first-order valence-electron chi connectivity index (χ1n) is 4.87. The van der Waals surface area contributed by atoms with E-state index in [1.165, 1.54) is 6.07 Å². The first kappa shape index (κ1) is 11.4. The summed E-state index contributed by atoms with van der Waals surface area (Å²) in [5.74, 6) is 0. The van der Waals surface area contributed by atoms with Crippen LogP contribution in [0.1, 0.15) is 19.9 Å². The fourth-order valence-corrected chi connectivity index (χ4v) is 2.13. The highest BCUT2D eigenvalue weighted by Crippen LogP contribution is 2.22. The van der Waals surface area contributed by atoms with Gasteiger partial charge in [0, 0.05) is 12.2 Å². The monoisotopic (exact) mass is 256 g/mol. The minimum absolute atomic E-state index is 0.0867. The number of halogens is 2. The van der Waals surface area contributed by atoms with Gasteiger partial charge in [-0.2, -0.15) is 0 Å². The molecule has 0 amide bonds. The Labute approximate surface area is 103 Å². The minimum Gasteiger partial charge on any atom is -0.312 e. The van der Waals surface area contributed by atoms with Crippen LogP contribution in [0, 0.1) is 0 Å². The maximum Gasteiger partial charge on any atom is 0.261 e. The minimum atomic E-state index is -0.137. The molecule has 0 bridgehead atoms. The molecule has 0 atom stereocenters. The summed E-state index contributed by atoms with van der Waals surface area (Å²) in [6, 6.07) is 3.31. The Hall–Kier alpha value is -1.06. The van der Waals surface area contributed by atoms with Crippen LogP contribution < -0.4 is 5.56 Å². The highest BCUT2D eigenvalue weighted by molar-refractivity contribution is 6.37. The van der Waals surface area contributed by atoms with Crippen LogP contribution in [0.3, 0.4) is 0 Å². The lowest BCUT2D eigenvalue weighted by molar-refractivity contribution is 0.582. The molecule has 2 rings (SSSR count). The average molecular weight is 257 g/mol. The normalized spacial score (nSPS) is 11.3. The topological polar surface area (TPSA) is 34.9 Å². The molecule has 0 unspecified atom stereocenters. The van der Waals surface area contributed by atoms with Gasteiger partial charge in [-0.3, -0.25) is 4.79 Å². The Kier molecular flexibility index (Phi) is 2.91. The second-order valence-electron chi connectivity index (χ2n) is 3.81. The molecule has 0 N–H and O–H groups in total. The molecule has 16 heavy (non-hydrogen) atoms. The summed E-state index contributed by atoms with van der Waals surface area (Å²) >= 11 is 11.8. The number of fused-ring (bicyclic) bond motifs is 1. The van der Waals surface area contributed by atoms with Crippen molar-refractivity contribution in [3.8, 4) is 0 Å². The third-order valence-electron chi connectivity index (χ3n) is 2.37. The second-order valence-corrected chi connectivity index (χ2v) is 4.60. The molecule has 0 aliphatic rings. The van der Waals surface area contributed by atoms with Crippen LogP contribution in [0.15, 0.2) is 23.1 Å². The van der Waals surface area contributed by atoms with Gasteiger partial charge in [-0.15, -0.1) is 0 Å². The van der Waals surface area contributed by atoms with Gasteiger partial charge >= 0.3 is 0 Å². The van der Waals surface area contributed by atoms with E-state index in [0.29, 0.717) is 21.1 Å². The summed E-state index contributed by atoms with van der Waals surface area (Å²) in [4.78, 5) is 16.2. The SMILES string of the molecule is CC(C)n1ccc2nc(Cl)cc(Cl)c2c1=O. The standard InChI is InChI=1S/C11H10Cl2N2O/c1-6(2)15-4-3-8-10(11(15)16)7(12)5-9(13)14-8/h3-6H,1-2H3. The number of nitrogens with zero attached hydrogens (tertiary/aromatic N) is 2. The Morgan fingerprint density at radius 2 is 2.06 bits per heavy atom. The number of aromatic nitrogens is 2. The van der Waals surface area contributed by atoms with Crippen molar-refractivity contribution in [2.45, 2.75) is 19.9 Å². The lowest BCUT2D eigenvalue weighted by Crippen LogP contribution is -2.21. The molecule has 0 aliphatic carbocycles. The maximum atomic E-state index is 12.1. The summed E-state index contributed by atoms with van der Waals surface area (Å²) in [6.07, 6.45) is 1.70. The van der Waals surface area contributed by atoms with Crippen molar-refractivity contribution >= 4 is 34.1 Å². The second kappa shape index (κ2) is 4.07. The molecule has 0 saturated heterocycles. The molecule has 0 saturated carbocycles. The van der Waals surface area contributed by atoms with Gasteiger partial charge in [-0.1, -0.05) is 23.2 Å². The molecule has 0 radical (unpaired) electrons. The van der Waals surface area contributed by atoms with Crippen molar-refractivity contribution in [1.29, 1.82) is 0 Å². The summed E-state index contributed by atoms with van der Waals surface area (Å²) in [5.41, 5.74) is 0.390. The van der Waals surface area contributed by atoms with Crippen LogP contribution in [-0.4, -0.2) is 9.55 Å². The molecular weight excluding hydrogens is 247 g/mol. The van der Waals surface area contributed by atoms with Crippen molar-refractivity contribution in [3.63, 3.8) is 0 Å². The van der Waals surface area contributed by atoms with Crippen LogP contribution in [0.5, 0.6) is 0 Å². The van der Waals surface area contributed by atoms with Crippen molar-refractivity contribution in [1.82, 2.24) is 9.55 Å². The molecular formula is C11H10Cl2N2O. The summed E-state index contributed by atoms with van der Waals surface area (Å²) in [6.45, 7) is 3.87. The number of pyridine rings is 2. The van der Waals surface area contributed by atoms with E-state index in [0.717, 1.165) is 0 Å². The Balaban J connectivity index is 2.90. The molecule has 2 heterocycles. The highest BCUT2D eigenvalue weighted by Gasteiger charge is 2.10. The van der Waals surface area contributed by atoms with Crippen LogP contribution in [-0.2, 0) is 0 Å². The zero-order valence-corrected chi connectivity index (χ0v) is 10.4. The van der Waals surface area contributed by atoms with Crippen molar-refractivity contribution < 1.29 is 0 Å². The third kappa shape index (κ3) is 1.81. The first-order chi connectivity index (χ1) is 7.50. The molecule has 0 aliphatic heterocycles. The van der Waals surface area contributed by atoms with E-state index in [-0.39, 0.29) is 11.6 Å². The van der Waals surface area contributed by atoms with Gasteiger partial charge in [0.2, 0.25) is 0 Å². The van der Waals surface area contributed by atoms with Gasteiger partial charge in [0.05, 0.1) is 15.9 Å². The van der Waals surface area contributed by atoms with E-state index < -0.39 is 0 Å². The molecule has 5 heteroatoms. The Morgan fingerprint density at radius 1 is 1.38 bits per heavy atom. The highest BCUT2D eigenvalue weighted by atomic mass is 35.5. The number of hydrogen-bond acceptors (Lipinski definition) is 2. The van der Waals surface area contributed by atoms with E-state index in [9.17, 15) is 4.79 Å². The lowest BCUT2D eigenvalue weighted by atomic mass is 10.2. The Bertz CT molecular complexity index is 605. The predicted molar refractivity (Wildman–Crippen MR) is 66.4 cm³/mol. The fourth-order valence-electron chi connectivity index (χ4n) is 1.59. The molecule has 0 fully saturated rings. The molecule has 0 spiro atoms. The predicted octanol–water partition coefficient (Wildman–Crippen LogP) is 3.28. The average Bonchev–Trinajstić information content (AvgIpc) is 2.15. The van der Waals surface area contributed by atoms with Gasteiger partial charge in [0.1, 0.15) is 5.15 Å². The lowest BCUT2D eigenvalue weighted by Gasteiger charge is -2.10. The molecule has 84 valence electrons. The summed E-state index contributed by atoms with van der Waals surface area (Å²) in [5, 5.41) is 1.05. The largest absolute Gasteiger partial charge is 0.312 e. The van der Waals surface area contributed by atoms with Crippen LogP contribution >= 0.6 is 23.2 Å². The Morgan fingerprint density at radius 3 is 2.69 bits per heavy atom. The molecule has 0 aromatic carbocycles. The van der Waals surface area contributed by atoms with Gasteiger partial charge < -0.3 is 4.57 Å². The zero-order chi connectivity index (χ0) is 11.9. The quantitative estimate of drug-likeness (QED) is 0.735. The fraction of sp³-hybridized carbons (Fsp3) is 0.273. The van der Waals surface area contributed by atoms with Crippen LogP contribution in [0.2, 0.25) is 10.2 Å². The third-order valence-corrected chi connectivity index (χ3v) is 2.86. The molecule has 2 aromatic rings. The zero-order valence-electron chi connectivity index (χ0n) is 8.87. The summed E-state index contributed by atoms with van der Waals surface area (Å²) in [7, 11) is 0. The van der Waals surface area contributed by atoms with E-state index in [4.69, 9.17) is 23.2 Å². The number of rotatable bonds is 1. The number of hydrogen-bond donors (Lipinski definition) is 0. The van der Waals surface area contributed by atoms with Crippen LogP contribution in [0.4, 0.5) is 0 Å². The van der Waals surface area contributed by atoms with Crippen molar-refractivity contribution in [3.05, 3.63) is 38.9 Å². The van der Waals surface area contributed by atoms with Crippen LogP contribution in [0.25, 0.3) is 10.9 Å². The van der Waals surface area contributed by atoms with Gasteiger partial charge in [0.25, 0.3) is 5.56 Å². The van der Waals surface area contributed by atoms with Gasteiger partial charge in [0.15, 0.2) is 0 Å². The first-order valence-corrected chi connectivity index (χ1v) is 5.63. The molecule has 3 nitrogen and oxygen atoms in total. The van der Waals surface area contributed by atoms with Gasteiger partial charge in [-0.25, -0.2) is 4.98 Å².